The molecule has 0 radical (unpaired) electrons. The Labute approximate surface area is 147 Å². The smallest absolute Gasteiger partial charge is 0.335 e. The summed E-state index contributed by atoms with van der Waals surface area (Å²) in [6.45, 7) is 3.32. The van der Waals surface area contributed by atoms with Gasteiger partial charge in [0.2, 0.25) is 0 Å². The first-order chi connectivity index (χ1) is 11.7. The lowest BCUT2D eigenvalue weighted by atomic mass is 10.2. The van der Waals surface area contributed by atoms with Gasteiger partial charge in [0.05, 0.1) is 23.3 Å². The lowest BCUT2D eigenvalue weighted by molar-refractivity contribution is 0.0686. The fraction of sp³-hybridized carbons (Fsp3) is 0.263. The molecule has 0 heterocycles. The maximum Gasteiger partial charge on any atom is 0.335 e. The third-order valence-electron chi connectivity index (χ3n) is 2.72. The van der Waals surface area contributed by atoms with E-state index in [1.54, 1.807) is 74.5 Å². The minimum absolute atomic E-state index is 0.331. The summed E-state index contributed by atoms with van der Waals surface area (Å²) in [5.41, 5.74) is 0.662. The summed E-state index contributed by atoms with van der Waals surface area (Å²) in [6.07, 6.45) is -0.278. The van der Waals surface area contributed by atoms with Crippen molar-refractivity contribution in [1.29, 1.82) is 0 Å². The molecule has 25 heavy (non-hydrogen) atoms. The van der Waals surface area contributed by atoms with Gasteiger partial charge in [0, 0.05) is 0 Å². The number of hydrogen-bond donors (Lipinski definition) is 4. The van der Waals surface area contributed by atoms with Crippen LogP contribution in [0, 0.1) is 0 Å². The van der Waals surface area contributed by atoms with Gasteiger partial charge in [-0.1, -0.05) is 36.4 Å². The predicted molar refractivity (Wildman–Crippen MR) is 94.8 cm³/mol. The highest BCUT2D eigenvalue weighted by molar-refractivity contribution is 5.87. The van der Waals surface area contributed by atoms with Gasteiger partial charge in [-0.3, -0.25) is 0 Å². The van der Waals surface area contributed by atoms with Crippen molar-refractivity contribution in [3.63, 3.8) is 0 Å². The lowest BCUT2D eigenvalue weighted by Crippen LogP contribution is -2.10. The zero-order valence-corrected chi connectivity index (χ0v) is 14.2. The molecule has 2 aromatic carbocycles. The highest BCUT2D eigenvalue weighted by atomic mass is 16.4. The Kier molecular flexibility index (Phi) is 11.3. The Bertz CT molecular complexity index is 553. The van der Waals surface area contributed by atoms with E-state index in [1.165, 1.54) is 0 Å². The Morgan fingerprint density at radius 3 is 1.12 bits per heavy atom. The molecule has 0 fully saturated rings. The number of carboxylic acids is 2. The van der Waals surface area contributed by atoms with Crippen LogP contribution in [0.25, 0.3) is 0 Å². The van der Waals surface area contributed by atoms with Crippen LogP contribution in [0.15, 0.2) is 60.7 Å². The molecular weight excluding hydrogens is 324 g/mol. The van der Waals surface area contributed by atoms with Crippen molar-refractivity contribution in [2.24, 2.45) is 0 Å². The van der Waals surface area contributed by atoms with Crippen LogP contribution in [-0.2, 0) is 0 Å². The van der Waals surface area contributed by atoms with E-state index < -0.39 is 11.9 Å². The summed E-state index contributed by atoms with van der Waals surface area (Å²) in [5, 5.41) is 33.9. The number of carbonyl (C=O) groups is 2. The molecular formula is C19H24O6. The van der Waals surface area contributed by atoms with E-state index in [0.29, 0.717) is 17.5 Å². The first kappa shape index (κ1) is 22.3. The largest absolute Gasteiger partial charge is 0.478 e. The number of aliphatic hydroxyl groups is 2. The van der Waals surface area contributed by atoms with Crippen LogP contribution in [0.2, 0.25) is 0 Å². The third kappa shape index (κ3) is 12.4. The number of carboxylic acid groups (broad SMARTS) is 2. The molecule has 6 heteroatoms. The van der Waals surface area contributed by atoms with Gasteiger partial charge < -0.3 is 20.4 Å². The minimum Gasteiger partial charge on any atom is -0.478 e. The molecule has 2 atom stereocenters. The molecule has 0 aromatic heterocycles. The van der Waals surface area contributed by atoms with Crippen molar-refractivity contribution in [2.45, 2.75) is 32.5 Å². The Balaban J connectivity index is 0.000000350. The second-order valence-electron chi connectivity index (χ2n) is 5.28. The van der Waals surface area contributed by atoms with Crippen LogP contribution < -0.4 is 0 Å². The first-order valence-corrected chi connectivity index (χ1v) is 7.66. The molecule has 0 aliphatic rings. The molecule has 0 spiro atoms. The third-order valence-corrected chi connectivity index (χ3v) is 2.72. The van der Waals surface area contributed by atoms with Gasteiger partial charge in [0.1, 0.15) is 0 Å². The monoisotopic (exact) mass is 348 g/mol. The second kappa shape index (κ2) is 12.7. The van der Waals surface area contributed by atoms with Crippen LogP contribution >= 0.6 is 0 Å². The normalized spacial score (nSPS) is 11.7. The Morgan fingerprint density at radius 2 is 1.00 bits per heavy atom. The van der Waals surface area contributed by atoms with Gasteiger partial charge >= 0.3 is 11.9 Å². The van der Waals surface area contributed by atoms with Crippen molar-refractivity contribution in [3.05, 3.63) is 71.8 Å². The van der Waals surface area contributed by atoms with Crippen molar-refractivity contribution in [2.75, 3.05) is 0 Å². The predicted octanol–water partition coefficient (Wildman–Crippen LogP) is 2.91. The quantitative estimate of drug-likeness (QED) is 0.675. The van der Waals surface area contributed by atoms with Gasteiger partial charge in [0.25, 0.3) is 0 Å². The van der Waals surface area contributed by atoms with E-state index >= 15 is 0 Å². The van der Waals surface area contributed by atoms with E-state index in [4.69, 9.17) is 20.4 Å². The summed E-state index contributed by atoms with van der Waals surface area (Å²) < 4.78 is 0. The molecule has 0 saturated carbocycles. The molecule has 6 nitrogen and oxygen atoms in total. The second-order valence-corrected chi connectivity index (χ2v) is 5.28. The molecule has 2 aromatic rings. The first-order valence-electron chi connectivity index (χ1n) is 7.66. The molecule has 0 unspecified atom stereocenters. The fourth-order valence-corrected chi connectivity index (χ4v) is 1.66. The summed E-state index contributed by atoms with van der Waals surface area (Å²) in [4.78, 5) is 20.4. The highest BCUT2D eigenvalue weighted by Crippen LogP contribution is 1.97. The van der Waals surface area contributed by atoms with Crippen molar-refractivity contribution >= 4 is 11.9 Å². The van der Waals surface area contributed by atoms with E-state index in [9.17, 15) is 9.59 Å². The zero-order valence-electron chi connectivity index (χ0n) is 14.2. The summed E-state index contributed by atoms with van der Waals surface area (Å²) in [6, 6.07) is 16.6. The van der Waals surface area contributed by atoms with Crippen LogP contribution in [-0.4, -0.2) is 44.6 Å². The van der Waals surface area contributed by atoms with E-state index in [2.05, 4.69) is 0 Å². The van der Waals surface area contributed by atoms with Gasteiger partial charge in [-0.05, 0) is 44.5 Å². The molecule has 0 bridgehead atoms. The van der Waals surface area contributed by atoms with Gasteiger partial charge in [-0.2, -0.15) is 0 Å². The molecule has 0 amide bonds. The zero-order chi connectivity index (χ0) is 19.2. The van der Waals surface area contributed by atoms with Gasteiger partial charge in [-0.25, -0.2) is 9.59 Å². The summed E-state index contributed by atoms with van der Waals surface area (Å²) in [7, 11) is 0. The van der Waals surface area contributed by atoms with Gasteiger partial charge in [0.15, 0.2) is 0 Å². The van der Waals surface area contributed by atoms with Crippen LogP contribution in [0.4, 0.5) is 0 Å². The molecule has 136 valence electrons. The van der Waals surface area contributed by atoms with Crippen molar-refractivity contribution < 1.29 is 30.0 Å². The molecule has 0 aliphatic heterocycles. The molecule has 4 N–H and O–H groups in total. The standard InChI is InChI=1S/2C7H6O2.C5H12O2/c2*8-7(9)6-4-2-1-3-5-6;1-4(6)3-5(2)7/h2*1-5H,(H,8,9);4-7H,3H2,1-2H3/t;;4-,5-/m..0/s1. The molecule has 2 rings (SSSR count). The maximum absolute atomic E-state index is 10.2. The number of rotatable bonds is 4. The lowest BCUT2D eigenvalue weighted by Gasteiger charge is -2.04. The van der Waals surface area contributed by atoms with Gasteiger partial charge in [-0.15, -0.1) is 0 Å². The Hall–Kier alpha value is -2.70. The molecule has 0 aliphatic carbocycles. The topological polar surface area (TPSA) is 115 Å². The number of aromatic carboxylic acids is 2. The van der Waals surface area contributed by atoms with Crippen molar-refractivity contribution in [3.8, 4) is 0 Å². The number of hydrogen-bond acceptors (Lipinski definition) is 4. The Morgan fingerprint density at radius 1 is 0.720 bits per heavy atom. The average Bonchev–Trinajstić information content (AvgIpc) is 2.56. The number of aliphatic hydroxyl groups excluding tert-OH is 2. The van der Waals surface area contributed by atoms with Crippen LogP contribution in [0.1, 0.15) is 41.0 Å². The fourth-order valence-electron chi connectivity index (χ4n) is 1.66. The minimum atomic E-state index is -0.879. The molecule has 0 saturated heterocycles. The maximum atomic E-state index is 10.2. The summed E-state index contributed by atoms with van der Waals surface area (Å²) in [5.74, 6) is -1.76. The summed E-state index contributed by atoms with van der Waals surface area (Å²) >= 11 is 0. The SMILES string of the molecule is C[C@H](O)C[C@H](C)O.O=C(O)c1ccccc1.O=C(O)c1ccccc1. The van der Waals surface area contributed by atoms with Crippen molar-refractivity contribution in [1.82, 2.24) is 0 Å². The van der Waals surface area contributed by atoms with E-state index in [-0.39, 0.29) is 12.2 Å². The van der Waals surface area contributed by atoms with E-state index in [0.717, 1.165) is 0 Å². The van der Waals surface area contributed by atoms with E-state index in [1.807, 2.05) is 0 Å². The average molecular weight is 348 g/mol. The van der Waals surface area contributed by atoms with Crippen LogP contribution in [0.5, 0.6) is 0 Å². The van der Waals surface area contributed by atoms with Crippen LogP contribution in [0.3, 0.4) is 0 Å². The number of benzene rings is 2. The highest BCUT2D eigenvalue weighted by Gasteiger charge is 1.99.